The van der Waals surface area contributed by atoms with Crippen molar-refractivity contribution in [3.05, 3.63) is 0 Å². The van der Waals surface area contributed by atoms with Crippen molar-refractivity contribution in [1.82, 2.24) is 9.03 Å². The van der Waals surface area contributed by atoms with E-state index in [2.05, 4.69) is 4.72 Å². The van der Waals surface area contributed by atoms with Crippen molar-refractivity contribution in [2.24, 2.45) is 0 Å². The summed E-state index contributed by atoms with van der Waals surface area (Å²) in [6.07, 6.45) is 0.820. The summed E-state index contributed by atoms with van der Waals surface area (Å²) in [5, 5.41) is 0. The predicted molar refractivity (Wildman–Crippen MR) is 50.1 cm³/mol. The normalized spacial score (nSPS) is 12.3. The van der Waals surface area contributed by atoms with Crippen molar-refractivity contribution in [2.75, 3.05) is 19.6 Å². The van der Waals surface area contributed by atoms with Crippen molar-refractivity contribution in [1.29, 1.82) is 0 Å². The third-order valence-electron chi connectivity index (χ3n) is 1.58. The lowest BCUT2D eigenvalue weighted by atomic mass is 10.5. The van der Waals surface area contributed by atoms with E-state index in [1.807, 2.05) is 20.8 Å². The quantitative estimate of drug-likeness (QED) is 0.672. The summed E-state index contributed by atoms with van der Waals surface area (Å²) in [6.45, 7) is 7.15. The standard InChI is InChI=1S/C7H18N2O2S/c1-4-7-8-12(10,11)9(5-2)6-3/h8H,4-7H2,1-3H3. The first-order valence-electron chi connectivity index (χ1n) is 4.33. The van der Waals surface area contributed by atoms with Crippen LogP contribution in [0.4, 0.5) is 0 Å². The highest BCUT2D eigenvalue weighted by molar-refractivity contribution is 7.87. The van der Waals surface area contributed by atoms with E-state index >= 15 is 0 Å². The van der Waals surface area contributed by atoms with Crippen LogP contribution in [-0.4, -0.2) is 32.4 Å². The first-order chi connectivity index (χ1) is 5.58. The zero-order chi connectivity index (χ0) is 9.61. The van der Waals surface area contributed by atoms with Gasteiger partial charge in [0.05, 0.1) is 0 Å². The zero-order valence-electron chi connectivity index (χ0n) is 8.00. The molecule has 0 spiro atoms. The van der Waals surface area contributed by atoms with Gasteiger partial charge in [-0.1, -0.05) is 20.8 Å². The lowest BCUT2D eigenvalue weighted by Crippen LogP contribution is -2.40. The number of rotatable bonds is 6. The minimum absolute atomic E-state index is 0.513. The second kappa shape index (κ2) is 5.50. The molecule has 5 heteroatoms. The van der Waals surface area contributed by atoms with Gasteiger partial charge in [0, 0.05) is 19.6 Å². The number of nitrogens with one attached hydrogen (secondary N) is 1. The number of hydrogen-bond donors (Lipinski definition) is 1. The van der Waals surface area contributed by atoms with E-state index in [1.54, 1.807) is 0 Å². The maximum Gasteiger partial charge on any atom is 0.279 e. The monoisotopic (exact) mass is 194 g/mol. The molecule has 0 atom stereocenters. The molecule has 0 radical (unpaired) electrons. The van der Waals surface area contributed by atoms with Crippen molar-refractivity contribution >= 4 is 10.2 Å². The molecule has 0 saturated heterocycles. The van der Waals surface area contributed by atoms with Crippen molar-refractivity contribution in [3.8, 4) is 0 Å². The van der Waals surface area contributed by atoms with Gasteiger partial charge in [0.2, 0.25) is 0 Å². The Kier molecular flexibility index (Phi) is 5.44. The summed E-state index contributed by atoms with van der Waals surface area (Å²) in [5.41, 5.74) is 0. The Hall–Kier alpha value is -0.130. The Labute approximate surface area is 75.1 Å². The molecular weight excluding hydrogens is 176 g/mol. The molecule has 0 aliphatic rings. The lowest BCUT2D eigenvalue weighted by Gasteiger charge is -2.18. The molecule has 0 bridgehead atoms. The second-order valence-corrected chi connectivity index (χ2v) is 4.24. The van der Waals surface area contributed by atoms with Crippen LogP contribution in [0, 0.1) is 0 Å². The zero-order valence-corrected chi connectivity index (χ0v) is 8.82. The van der Waals surface area contributed by atoms with E-state index in [-0.39, 0.29) is 0 Å². The molecule has 4 nitrogen and oxygen atoms in total. The summed E-state index contributed by atoms with van der Waals surface area (Å²) in [7, 11) is -3.20. The Morgan fingerprint density at radius 1 is 1.17 bits per heavy atom. The van der Waals surface area contributed by atoms with Crippen LogP contribution in [0.2, 0.25) is 0 Å². The number of hydrogen-bond acceptors (Lipinski definition) is 2. The summed E-state index contributed by atoms with van der Waals surface area (Å²) in [6, 6.07) is 0. The molecule has 0 aromatic rings. The molecule has 12 heavy (non-hydrogen) atoms. The summed E-state index contributed by atoms with van der Waals surface area (Å²) >= 11 is 0. The van der Waals surface area contributed by atoms with E-state index < -0.39 is 10.2 Å². The minimum atomic E-state index is -3.20. The minimum Gasteiger partial charge on any atom is -0.202 e. The Morgan fingerprint density at radius 3 is 2.00 bits per heavy atom. The topological polar surface area (TPSA) is 49.4 Å². The lowest BCUT2D eigenvalue weighted by molar-refractivity contribution is 0.435. The largest absolute Gasteiger partial charge is 0.279 e. The Morgan fingerprint density at radius 2 is 1.67 bits per heavy atom. The van der Waals surface area contributed by atoms with Crippen molar-refractivity contribution < 1.29 is 8.42 Å². The number of nitrogens with zero attached hydrogens (tertiary/aromatic N) is 1. The summed E-state index contributed by atoms with van der Waals surface area (Å²) < 4.78 is 26.6. The van der Waals surface area contributed by atoms with Crippen LogP contribution in [0.15, 0.2) is 0 Å². The van der Waals surface area contributed by atoms with Gasteiger partial charge in [-0.3, -0.25) is 0 Å². The Bertz CT molecular complexity index is 197. The van der Waals surface area contributed by atoms with E-state index in [0.29, 0.717) is 19.6 Å². The first kappa shape index (κ1) is 11.9. The van der Waals surface area contributed by atoms with Crippen LogP contribution >= 0.6 is 0 Å². The molecule has 0 aromatic heterocycles. The fraction of sp³-hybridized carbons (Fsp3) is 1.00. The van der Waals surface area contributed by atoms with E-state index in [0.717, 1.165) is 6.42 Å². The first-order valence-corrected chi connectivity index (χ1v) is 5.77. The summed E-state index contributed by atoms with van der Waals surface area (Å²) in [4.78, 5) is 0. The molecule has 0 fully saturated rings. The average Bonchev–Trinajstić information content (AvgIpc) is 2.03. The molecule has 0 unspecified atom stereocenters. The highest BCUT2D eigenvalue weighted by atomic mass is 32.2. The second-order valence-electron chi connectivity index (χ2n) is 2.48. The molecule has 0 aliphatic carbocycles. The maximum absolute atomic E-state index is 11.4. The highest BCUT2D eigenvalue weighted by Crippen LogP contribution is 1.95. The van der Waals surface area contributed by atoms with Crippen LogP contribution in [0.25, 0.3) is 0 Å². The van der Waals surface area contributed by atoms with Gasteiger partial charge in [0.25, 0.3) is 10.2 Å². The third-order valence-corrected chi connectivity index (χ3v) is 3.34. The molecule has 0 aromatic carbocycles. The van der Waals surface area contributed by atoms with E-state index in [9.17, 15) is 8.42 Å². The van der Waals surface area contributed by atoms with Gasteiger partial charge in [-0.25, -0.2) is 4.72 Å². The smallest absolute Gasteiger partial charge is 0.202 e. The molecule has 0 aliphatic heterocycles. The van der Waals surface area contributed by atoms with Gasteiger partial charge in [0.15, 0.2) is 0 Å². The van der Waals surface area contributed by atoms with Gasteiger partial charge in [-0.2, -0.15) is 12.7 Å². The fourth-order valence-corrected chi connectivity index (χ4v) is 2.21. The van der Waals surface area contributed by atoms with Gasteiger partial charge in [0.1, 0.15) is 0 Å². The van der Waals surface area contributed by atoms with Crippen LogP contribution in [0.3, 0.4) is 0 Å². The predicted octanol–water partition coefficient (Wildman–Crippen LogP) is 0.573. The molecule has 74 valence electrons. The van der Waals surface area contributed by atoms with E-state index in [4.69, 9.17) is 0 Å². The SMILES string of the molecule is CCCNS(=O)(=O)N(CC)CC. The van der Waals surface area contributed by atoms with Crippen LogP contribution < -0.4 is 4.72 Å². The van der Waals surface area contributed by atoms with Crippen LogP contribution in [-0.2, 0) is 10.2 Å². The average molecular weight is 194 g/mol. The van der Waals surface area contributed by atoms with Crippen LogP contribution in [0.1, 0.15) is 27.2 Å². The van der Waals surface area contributed by atoms with Crippen LogP contribution in [0.5, 0.6) is 0 Å². The van der Waals surface area contributed by atoms with Gasteiger partial charge >= 0.3 is 0 Å². The highest BCUT2D eigenvalue weighted by Gasteiger charge is 2.16. The van der Waals surface area contributed by atoms with Gasteiger partial charge in [-0.05, 0) is 6.42 Å². The molecular formula is C7H18N2O2S. The molecule has 0 rings (SSSR count). The molecule has 0 saturated carbocycles. The van der Waals surface area contributed by atoms with Gasteiger partial charge in [-0.15, -0.1) is 0 Å². The van der Waals surface area contributed by atoms with E-state index in [1.165, 1.54) is 4.31 Å². The molecule has 0 heterocycles. The third kappa shape index (κ3) is 3.51. The van der Waals surface area contributed by atoms with Gasteiger partial charge < -0.3 is 0 Å². The summed E-state index contributed by atoms with van der Waals surface area (Å²) in [5.74, 6) is 0. The molecule has 1 N–H and O–H groups in total. The fourth-order valence-electron chi connectivity index (χ4n) is 0.886. The van der Waals surface area contributed by atoms with Crippen molar-refractivity contribution in [2.45, 2.75) is 27.2 Å². The Balaban J connectivity index is 4.17. The van der Waals surface area contributed by atoms with Crippen molar-refractivity contribution in [3.63, 3.8) is 0 Å². The molecule has 0 amide bonds. The maximum atomic E-state index is 11.4.